The second-order valence-corrected chi connectivity index (χ2v) is 13.9. The van der Waals surface area contributed by atoms with Gasteiger partial charge in [-0.2, -0.15) is 13.2 Å². The van der Waals surface area contributed by atoms with Gasteiger partial charge in [0.25, 0.3) is 0 Å². The molecule has 3 heterocycles. The van der Waals surface area contributed by atoms with Crippen molar-refractivity contribution in [3.8, 4) is 22.9 Å². The number of aromatic amines is 2. The third kappa shape index (κ3) is 6.73. The largest absolute Gasteiger partial charge is 0.481 e. The first-order chi connectivity index (χ1) is 22.2. The first-order valence-electron chi connectivity index (χ1n) is 14.6. The molecule has 0 unspecified atom stereocenters. The summed E-state index contributed by atoms with van der Waals surface area (Å²) in [5.74, 6) is -3.71. The number of alkyl halides is 3. The number of benzene rings is 3. The van der Waals surface area contributed by atoms with Gasteiger partial charge in [0.2, 0.25) is 0 Å². The van der Waals surface area contributed by atoms with E-state index in [1.807, 2.05) is 12.1 Å². The van der Waals surface area contributed by atoms with E-state index in [9.17, 15) is 26.4 Å². The molecule has 47 heavy (non-hydrogen) atoms. The fourth-order valence-electron chi connectivity index (χ4n) is 6.15. The molecule has 5 aromatic rings. The molecule has 0 amide bonds. The maximum Gasteiger partial charge on any atom is 0.393 e. The van der Waals surface area contributed by atoms with Crippen LogP contribution in [0.2, 0.25) is 0 Å². The molecule has 6 rings (SSSR count). The maximum absolute atomic E-state index is 15.2. The summed E-state index contributed by atoms with van der Waals surface area (Å²) in [5, 5.41) is 9.26. The van der Waals surface area contributed by atoms with Gasteiger partial charge in [-0.25, -0.2) is 22.2 Å². The minimum absolute atomic E-state index is 0.0369. The Morgan fingerprint density at radius 3 is 2.51 bits per heavy atom. The van der Waals surface area contributed by atoms with E-state index in [2.05, 4.69) is 15.0 Å². The number of sulfone groups is 1. The molecule has 3 aromatic carbocycles. The average Bonchev–Trinajstić information content (AvgIpc) is 3.69. The van der Waals surface area contributed by atoms with Gasteiger partial charge in [-0.3, -0.25) is 4.79 Å². The molecule has 0 aliphatic carbocycles. The topological polar surface area (TPSA) is 125 Å². The van der Waals surface area contributed by atoms with Gasteiger partial charge >= 0.3 is 12.1 Å². The number of H-pyrrole nitrogens is 2. The normalized spacial score (nSPS) is 15.9. The molecule has 0 spiro atoms. The van der Waals surface area contributed by atoms with Crippen LogP contribution in [0.15, 0.2) is 67.0 Å². The lowest BCUT2D eigenvalue weighted by Gasteiger charge is -2.37. The molecule has 0 atom stereocenters. The van der Waals surface area contributed by atoms with E-state index in [1.54, 1.807) is 12.1 Å². The van der Waals surface area contributed by atoms with Gasteiger partial charge in [-0.1, -0.05) is 24.3 Å². The first-order valence-corrected chi connectivity index (χ1v) is 16.5. The van der Waals surface area contributed by atoms with E-state index in [1.165, 1.54) is 24.5 Å². The van der Waals surface area contributed by atoms with Crippen LogP contribution in [0.4, 0.5) is 22.0 Å². The molecule has 1 aliphatic rings. The number of fused-ring (bicyclic) bond motifs is 1. The number of hydrogen-bond acceptors (Lipinski definition) is 5. The highest BCUT2D eigenvalue weighted by Crippen LogP contribution is 2.43. The highest BCUT2D eigenvalue weighted by Gasteiger charge is 2.42. The van der Waals surface area contributed by atoms with Crippen LogP contribution in [-0.4, -0.2) is 52.1 Å². The van der Waals surface area contributed by atoms with Crippen molar-refractivity contribution in [3.63, 3.8) is 0 Å². The van der Waals surface area contributed by atoms with Gasteiger partial charge in [0, 0.05) is 52.5 Å². The number of aliphatic carboxylic acids is 1. The van der Waals surface area contributed by atoms with Crippen molar-refractivity contribution in [1.29, 1.82) is 0 Å². The van der Waals surface area contributed by atoms with Gasteiger partial charge < -0.3 is 19.8 Å². The summed E-state index contributed by atoms with van der Waals surface area (Å²) in [4.78, 5) is 21.3. The van der Waals surface area contributed by atoms with Gasteiger partial charge in [-0.15, -0.1) is 0 Å². The Hall–Kier alpha value is -4.72. The number of imidazole rings is 1. The number of nitrogens with zero attached hydrogens (tertiary/aromatic N) is 1. The maximum atomic E-state index is 15.2. The monoisotopic (exact) mass is 673 g/mol. The number of carboxylic acid groups (broad SMARTS) is 1. The summed E-state index contributed by atoms with van der Waals surface area (Å²) in [7, 11) is -3.31. The molecular formula is C33H28F5N3O5S. The van der Waals surface area contributed by atoms with Gasteiger partial charge in [0.15, 0.2) is 11.6 Å². The zero-order valence-electron chi connectivity index (χ0n) is 24.6. The SMILES string of the molecule is O=C(O)CCc1cccc(C2(c3cnc(-c4cc(Oc5c(F)cc6[nH]ccc6c5CC(F)(F)F)ccc4F)[nH]3)CCS(=O)(=O)CC2)c1. The molecule has 0 radical (unpaired) electrons. The second kappa shape index (κ2) is 12.1. The highest BCUT2D eigenvalue weighted by molar-refractivity contribution is 7.91. The zero-order valence-corrected chi connectivity index (χ0v) is 25.4. The number of ether oxygens (including phenoxy) is 1. The Morgan fingerprint density at radius 1 is 1.02 bits per heavy atom. The number of carboxylic acids is 1. The van der Waals surface area contributed by atoms with Gasteiger partial charge in [-0.05, 0) is 54.7 Å². The third-order valence-corrected chi connectivity index (χ3v) is 10.2. The van der Waals surface area contributed by atoms with E-state index < -0.39 is 56.8 Å². The van der Waals surface area contributed by atoms with E-state index in [0.717, 1.165) is 29.3 Å². The molecule has 0 saturated carbocycles. The van der Waals surface area contributed by atoms with E-state index >= 15 is 8.78 Å². The first kappa shape index (κ1) is 32.2. The molecule has 1 fully saturated rings. The van der Waals surface area contributed by atoms with Crippen LogP contribution in [0.25, 0.3) is 22.3 Å². The van der Waals surface area contributed by atoms with Crippen LogP contribution in [0, 0.1) is 11.6 Å². The molecule has 0 bridgehead atoms. The van der Waals surface area contributed by atoms with Crippen LogP contribution in [-0.2, 0) is 32.9 Å². The number of aryl methyl sites for hydroxylation is 1. The molecule has 2 aromatic heterocycles. The second-order valence-electron chi connectivity index (χ2n) is 11.6. The minimum atomic E-state index is -4.67. The molecule has 1 saturated heterocycles. The standard InChI is InChI=1S/C33H28F5N3O5S/c34-25-6-5-21(46-30-24(17-33(36,37)38)22-8-11-39-27(22)16-26(30)35)15-23(25)31-40-18-28(41-31)32(9-12-47(44,45)13-10-32)20-3-1-2-19(14-20)4-7-29(42)43/h1-3,5-6,8,11,14-16,18,39H,4,7,9-10,12-13,17H2,(H,40,41)(H,42,43). The van der Waals surface area contributed by atoms with Crippen molar-refractivity contribution in [3.05, 3.63) is 101 Å². The van der Waals surface area contributed by atoms with Crippen molar-refractivity contribution in [2.75, 3.05) is 11.5 Å². The smallest absolute Gasteiger partial charge is 0.393 e. The fourth-order valence-corrected chi connectivity index (χ4v) is 7.68. The average molecular weight is 674 g/mol. The molecule has 3 N–H and O–H groups in total. The Bertz CT molecular complexity index is 2070. The van der Waals surface area contributed by atoms with Crippen molar-refractivity contribution >= 4 is 26.7 Å². The predicted molar refractivity (Wildman–Crippen MR) is 163 cm³/mol. The lowest BCUT2D eigenvalue weighted by Crippen LogP contribution is -2.38. The lowest BCUT2D eigenvalue weighted by molar-refractivity contribution is -0.137. The fraction of sp³-hybridized carbons (Fsp3) is 0.273. The molecule has 1 aliphatic heterocycles. The number of halogens is 5. The summed E-state index contributed by atoms with van der Waals surface area (Å²) in [6.07, 6.45) is -2.70. The Kier molecular flexibility index (Phi) is 8.32. The number of hydrogen-bond donors (Lipinski definition) is 3. The zero-order chi connectivity index (χ0) is 33.6. The van der Waals surface area contributed by atoms with Crippen LogP contribution >= 0.6 is 0 Å². The molecule has 8 nitrogen and oxygen atoms in total. The van der Waals surface area contributed by atoms with Crippen molar-refractivity contribution < 1.29 is 45.0 Å². The van der Waals surface area contributed by atoms with Crippen molar-refractivity contribution in [1.82, 2.24) is 15.0 Å². The molecule has 14 heteroatoms. The third-order valence-electron chi connectivity index (χ3n) is 8.53. The van der Waals surface area contributed by atoms with Crippen LogP contribution in [0.3, 0.4) is 0 Å². The summed E-state index contributed by atoms with van der Waals surface area (Å²) in [6.45, 7) is 0. The highest BCUT2D eigenvalue weighted by atomic mass is 32.2. The van der Waals surface area contributed by atoms with E-state index in [-0.39, 0.29) is 65.2 Å². The Labute approximate surface area is 265 Å². The van der Waals surface area contributed by atoms with Crippen LogP contribution in [0.1, 0.15) is 41.6 Å². The summed E-state index contributed by atoms with van der Waals surface area (Å²) in [6, 6.07) is 13.0. The van der Waals surface area contributed by atoms with Gasteiger partial charge in [0.05, 0.1) is 23.5 Å². The summed E-state index contributed by atoms with van der Waals surface area (Å²) >= 11 is 0. The van der Waals surface area contributed by atoms with Gasteiger partial charge in [0.1, 0.15) is 27.2 Å². The van der Waals surface area contributed by atoms with E-state index in [4.69, 9.17) is 9.84 Å². The van der Waals surface area contributed by atoms with Crippen molar-refractivity contribution in [2.24, 2.45) is 0 Å². The lowest BCUT2D eigenvalue weighted by atomic mass is 9.72. The molecular weight excluding hydrogens is 645 g/mol. The van der Waals surface area contributed by atoms with Crippen LogP contribution < -0.4 is 4.74 Å². The predicted octanol–water partition coefficient (Wildman–Crippen LogP) is 7.25. The van der Waals surface area contributed by atoms with Crippen molar-refractivity contribution in [2.45, 2.75) is 43.7 Å². The summed E-state index contributed by atoms with van der Waals surface area (Å²) in [5.41, 5.74) is 0.762. The number of aromatic nitrogens is 3. The number of nitrogens with one attached hydrogen (secondary N) is 2. The van der Waals surface area contributed by atoms with Crippen LogP contribution in [0.5, 0.6) is 11.5 Å². The quantitative estimate of drug-likeness (QED) is 0.142. The molecule has 246 valence electrons. The number of carbonyl (C=O) groups is 1. The number of rotatable bonds is 9. The van der Waals surface area contributed by atoms with E-state index in [0.29, 0.717) is 5.69 Å². The Balaban J connectivity index is 1.37. The summed E-state index contributed by atoms with van der Waals surface area (Å²) < 4.78 is 101. The minimum Gasteiger partial charge on any atom is -0.481 e. The Morgan fingerprint density at radius 2 is 1.79 bits per heavy atom.